The minimum absolute atomic E-state index is 0.251. The number of benzene rings is 2. The highest BCUT2D eigenvalue weighted by atomic mass is 79.9. The lowest BCUT2D eigenvalue weighted by Gasteiger charge is -1.98. The largest absolute Gasteiger partial charge is 0.236 e. The van der Waals surface area contributed by atoms with E-state index in [2.05, 4.69) is 20.9 Å². The summed E-state index contributed by atoms with van der Waals surface area (Å²) in [6.07, 6.45) is 0. The van der Waals surface area contributed by atoms with Crippen molar-refractivity contribution in [2.75, 3.05) is 0 Å². The molecule has 0 spiro atoms. The fraction of sp³-hybridized carbons (Fsp3) is 0. The van der Waals surface area contributed by atoms with Crippen LogP contribution in [0.25, 0.3) is 20.8 Å². The van der Waals surface area contributed by atoms with Crippen molar-refractivity contribution in [3.05, 3.63) is 52.8 Å². The van der Waals surface area contributed by atoms with Crippen LogP contribution in [0, 0.1) is 5.82 Å². The Bertz CT molecular complexity index is 660. The highest BCUT2D eigenvalue weighted by molar-refractivity contribution is 9.10. The minimum atomic E-state index is -0.251. The molecule has 0 fully saturated rings. The zero-order valence-electron chi connectivity index (χ0n) is 8.65. The minimum Gasteiger partial charge on any atom is -0.236 e. The van der Waals surface area contributed by atoms with Gasteiger partial charge in [-0.15, -0.1) is 11.3 Å². The number of hydrogen-bond acceptors (Lipinski definition) is 2. The summed E-state index contributed by atoms with van der Waals surface area (Å²) in [6.45, 7) is 0. The first kappa shape index (κ1) is 10.9. The third-order valence-electron chi connectivity index (χ3n) is 2.46. The van der Waals surface area contributed by atoms with E-state index < -0.39 is 0 Å². The Morgan fingerprint density at radius 1 is 1.12 bits per heavy atom. The lowest BCUT2D eigenvalue weighted by molar-refractivity contribution is 0.630. The van der Waals surface area contributed by atoms with Gasteiger partial charge in [0.05, 0.1) is 10.2 Å². The predicted molar refractivity (Wildman–Crippen MR) is 72.7 cm³/mol. The second kappa shape index (κ2) is 4.20. The van der Waals surface area contributed by atoms with Gasteiger partial charge in [0.1, 0.15) is 10.8 Å². The van der Waals surface area contributed by atoms with Crippen LogP contribution >= 0.6 is 27.3 Å². The monoisotopic (exact) mass is 307 g/mol. The van der Waals surface area contributed by atoms with Gasteiger partial charge < -0.3 is 0 Å². The van der Waals surface area contributed by atoms with Gasteiger partial charge in [-0.3, -0.25) is 0 Å². The molecular formula is C13H7BrFNS. The van der Waals surface area contributed by atoms with Crippen molar-refractivity contribution in [3.63, 3.8) is 0 Å². The number of fused-ring (bicyclic) bond motifs is 1. The number of rotatable bonds is 1. The average Bonchev–Trinajstić information content (AvgIpc) is 2.72. The van der Waals surface area contributed by atoms with Crippen molar-refractivity contribution in [2.24, 2.45) is 0 Å². The Hall–Kier alpha value is -1.26. The van der Waals surface area contributed by atoms with Crippen LogP contribution in [0.3, 0.4) is 0 Å². The summed E-state index contributed by atoms with van der Waals surface area (Å²) in [7, 11) is 0. The predicted octanol–water partition coefficient (Wildman–Crippen LogP) is 4.86. The topological polar surface area (TPSA) is 12.9 Å². The van der Waals surface area contributed by atoms with E-state index in [4.69, 9.17) is 0 Å². The van der Waals surface area contributed by atoms with Crippen molar-refractivity contribution in [1.82, 2.24) is 4.98 Å². The Morgan fingerprint density at radius 2 is 1.94 bits per heavy atom. The van der Waals surface area contributed by atoms with Gasteiger partial charge in [-0.1, -0.05) is 28.1 Å². The van der Waals surface area contributed by atoms with Crippen molar-refractivity contribution in [3.8, 4) is 10.6 Å². The second-order valence-electron chi connectivity index (χ2n) is 3.61. The van der Waals surface area contributed by atoms with Crippen LogP contribution < -0.4 is 0 Å². The van der Waals surface area contributed by atoms with Gasteiger partial charge in [0.25, 0.3) is 0 Å². The summed E-state index contributed by atoms with van der Waals surface area (Å²) in [5.74, 6) is -0.251. The molecule has 0 aliphatic carbocycles. The van der Waals surface area contributed by atoms with E-state index in [0.29, 0.717) is 5.56 Å². The van der Waals surface area contributed by atoms with Crippen molar-refractivity contribution < 1.29 is 4.39 Å². The first-order chi connectivity index (χ1) is 8.24. The normalized spacial score (nSPS) is 10.9. The van der Waals surface area contributed by atoms with E-state index in [-0.39, 0.29) is 5.82 Å². The lowest BCUT2D eigenvalue weighted by atomic mass is 10.2. The Morgan fingerprint density at radius 3 is 2.71 bits per heavy atom. The zero-order valence-corrected chi connectivity index (χ0v) is 11.1. The molecule has 4 heteroatoms. The van der Waals surface area contributed by atoms with Gasteiger partial charge >= 0.3 is 0 Å². The molecule has 0 radical (unpaired) electrons. The molecule has 0 unspecified atom stereocenters. The van der Waals surface area contributed by atoms with E-state index in [1.54, 1.807) is 6.07 Å². The summed E-state index contributed by atoms with van der Waals surface area (Å²) in [5.41, 5.74) is 1.46. The molecule has 1 aromatic heterocycles. The molecule has 2 aromatic carbocycles. The molecule has 17 heavy (non-hydrogen) atoms. The molecule has 1 heterocycles. The molecule has 0 N–H and O–H groups in total. The molecule has 84 valence electrons. The molecular weight excluding hydrogens is 301 g/mol. The third-order valence-corrected chi connectivity index (χ3v) is 4.02. The quantitative estimate of drug-likeness (QED) is 0.625. The Kier molecular flexibility index (Phi) is 2.68. The van der Waals surface area contributed by atoms with E-state index in [1.807, 2.05) is 30.3 Å². The second-order valence-corrected chi connectivity index (χ2v) is 5.56. The molecule has 0 aliphatic heterocycles. The van der Waals surface area contributed by atoms with Crippen LogP contribution in [-0.2, 0) is 0 Å². The standard InChI is InChI=1S/C13H7BrFNS/c14-8-5-6-9(10(15)7-8)13-16-11-3-1-2-4-12(11)17-13/h1-7H. The summed E-state index contributed by atoms with van der Waals surface area (Å²) in [6, 6.07) is 12.9. The van der Waals surface area contributed by atoms with Gasteiger partial charge in [0.15, 0.2) is 0 Å². The van der Waals surface area contributed by atoms with Crippen molar-refractivity contribution in [2.45, 2.75) is 0 Å². The van der Waals surface area contributed by atoms with E-state index in [0.717, 1.165) is 19.7 Å². The fourth-order valence-corrected chi connectivity index (χ4v) is 2.98. The van der Waals surface area contributed by atoms with Gasteiger partial charge in [0, 0.05) is 10.0 Å². The summed E-state index contributed by atoms with van der Waals surface area (Å²) < 4.78 is 15.6. The van der Waals surface area contributed by atoms with Gasteiger partial charge in [0.2, 0.25) is 0 Å². The van der Waals surface area contributed by atoms with Crippen molar-refractivity contribution in [1.29, 1.82) is 0 Å². The first-order valence-electron chi connectivity index (χ1n) is 5.05. The third kappa shape index (κ3) is 1.98. The molecule has 0 bridgehead atoms. The van der Waals surface area contributed by atoms with Crippen molar-refractivity contribution >= 4 is 37.5 Å². The number of hydrogen-bond donors (Lipinski definition) is 0. The van der Waals surface area contributed by atoms with Crippen LogP contribution in [0.15, 0.2) is 46.9 Å². The summed E-state index contributed by atoms with van der Waals surface area (Å²) in [4.78, 5) is 4.44. The lowest BCUT2D eigenvalue weighted by Crippen LogP contribution is -1.82. The van der Waals surface area contributed by atoms with Gasteiger partial charge in [-0.05, 0) is 30.3 Å². The molecule has 0 saturated heterocycles. The molecule has 3 rings (SSSR count). The number of para-hydroxylation sites is 1. The van der Waals surface area contributed by atoms with Crippen LogP contribution in [0.4, 0.5) is 4.39 Å². The maximum atomic E-state index is 13.8. The highest BCUT2D eigenvalue weighted by Gasteiger charge is 2.10. The maximum Gasteiger partial charge on any atom is 0.134 e. The molecule has 0 aliphatic rings. The smallest absolute Gasteiger partial charge is 0.134 e. The number of aromatic nitrogens is 1. The molecule has 0 atom stereocenters. The number of thiazole rings is 1. The van der Waals surface area contributed by atoms with E-state index in [9.17, 15) is 4.39 Å². The van der Waals surface area contributed by atoms with Crippen LogP contribution in [-0.4, -0.2) is 4.98 Å². The Labute approximate surface area is 110 Å². The molecule has 0 saturated carbocycles. The molecule has 1 nitrogen and oxygen atoms in total. The first-order valence-corrected chi connectivity index (χ1v) is 6.66. The average molecular weight is 308 g/mol. The van der Waals surface area contributed by atoms with Gasteiger partial charge in [-0.2, -0.15) is 0 Å². The molecule has 0 amide bonds. The zero-order chi connectivity index (χ0) is 11.8. The summed E-state index contributed by atoms with van der Waals surface area (Å²) >= 11 is 4.75. The SMILES string of the molecule is Fc1cc(Br)ccc1-c1nc2ccccc2s1. The highest BCUT2D eigenvalue weighted by Crippen LogP contribution is 2.32. The van der Waals surface area contributed by atoms with E-state index >= 15 is 0 Å². The van der Waals surface area contributed by atoms with Gasteiger partial charge in [-0.25, -0.2) is 9.37 Å². The van der Waals surface area contributed by atoms with E-state index in [1.165, 1.54) is 17.4 Å². The number of halogens is 2. The maximum absolute atomic E-state index is 13.8. The van der Waals surface area contributed by atoms with Crippen LogP contribution in [0.5, 0.6) is 0 Å². The summed E-state index contributed by atoms with van der Waals surface area (Å²) in [5, 5.41) is 0.719. The fourth-order valence-electron chi connectivity index (χ4n) is 1.65. The molecule has 3 aromatic rings. The van der Waals surface area contributed by atoms with Crippen LogP contribution in [0.1, 0.15) is 0 Å². The van der Waals surface area contributed by atoms with Crippen LogP contribution in [0.2, 0.25) is 0 Å². The number of nitrogens with zero attached hydrogens (tertiary/aromatic N) is 1. The Balaban J connectivity index is 2.20.